The van der Waals surface area contributed by atoms with Crippen LogP contribution in [0.1, 0.15) is 10.4 Å². The Balaban J connectivity index is 1.32. The van der Waals surface area contributed by atoms with Crippen LogP contribution in [0, 0.1) is 0 Å². The number of thiazole rings is 1. The van der Waals surface area contributed by atoms with Crippen molar-refractivity contribution in [1.29, 1.82) is 0 Å². The second-order valence-electron chi connectivity index (χ2n) is 7.59. The Hall–Kier alpha value is -2.88. The summed E-state index contributed by atoms with van der Waals surface area (Å²) in [5, 5.41) is 9.15. The summed E-state index contributed by atoms with van der Waals surface area (Å²) in [6.07, 6.45) is 3.90. The highest BCUT2D eigenvalue weighted by Gasteiger charge is 2.17. The summed E-state index contributed by atoms with van der Waals surface area (Å²) in [6, 6.07) is 8.04. The number of carbonyl (C=O) groups excluding carboxylic acids is 1. The summed E-state index contributed by atoms with van der Waals surface area (Å²) in [7, 11) is -2.36. The summed E-state index contributed by atoms with van der Waals surface area (Å²) < 4.78 is 26.9. The number of aromatic nitrogens is 3. The Morgan fingerprint density at radius 2 is 1.97 bits per heavy atom. The molecule has 0 unspecified atom stereocenters. The summed E-state index contributed by atoms with van der Waals surface area (Å²) in [4.78, 5) is 26.0. The Morgan fingerprint density at radius 1 is 1.12 bits per heavy atom. The average molecular weight is 505 g/mol. The van der Waals surface area contributed by atoms with Crippen molar-refractivity contribution in [3.05, 3.63) is 53.3 Å². The molecule has 2 amide bonds. The standard InChI is InChI=1S/C21H22FN6O2PS2/c1-31(2,30)17-9-16-18(33-17)19(26-12-25-16)23-7-6-15-11-24-21(32-15)28-20(29)27-14-5-3-4-13(8-14)10-22/h3-5,8-9,11-12H,6-7,10H2,1-2H3,(H,23,25,26)(H2,24,27,28,29). The first-order valence-electron chi connectivity index (χ1n) is 10.0. The van der Waals surface area contributed by atoms with Crippen molar-refractivity contribution in [1.82, 2.24) is 15.0 Å². The molecule has 0 aliphatic heterocycles. The molecule has 0 aliphatic rings. The highest BCUT2D eigenvalue weighted by Crippen LogP contribution is 2.40. The molecule has 12 heteroatoms. The van der Waals surface area contributed by atoms with Crippen molar-refractivity contribution in [3.63, 3.8) is 0 Å². The molecule has 0 aliphatic carbocycles. The number of nitrogens with zero attached hydrogens (tertiary/aromatic N) is 3. The van der Waals surface area contributed by atoms with Gasteiger partial charge >= 0.3 is 6.03 Å². The first kappa shape index (κ1) is 23.3. The number of rotatable bonds is 8. The molecule has 172 valence electrons. The van der Waals surface area contributed by atoms with Crippen LogP contribution in [0.4, 0.5) is 25.8 Å². The predicted octanol–water partition coefficient (Wildman–Crippen LogP) is 5.16. The fourth-order valence-corrected chi connectivity index (χ4v) is 6.22. The van der Waals surface area contributed by atoms with Gasteiger partial charge in [-0.1, -0.05) is 12.1 Å². The molecule has 0 saturated heterocycles. The van der Waals surface area contributed by atoms with Gasteiger partial charge in [0.2, 0.25) is 0 Å². The van der Waals surface area contributed by atoms with E-state index < -0.39 is 19.8 Å². The smallest absolute Gasteiger partial charge is 0.325 e. The first-order chi connectivity index (χ1) is 15.8. The molecule has 0 spiro atoms. The maximum atomic E-state index is 12.8. The molecular formula is C21H22FN6O2PS2. The number of amides is 2. The molecule has 0 radical (unpaired) electrons. The van der Waals surface area contributed by atoms with Crippen molar-refractivity contribution >= 4 is 67.3 Å². The molecule has 3 N–H and O–H groups in total. The van der Waals surface area contributed by atoms with Crippen LogP contribution < -0.4 is 20.6 Å². The van der Waals surface area contributed by atoms with Gasteiger partial charge in [0.15, 0.2) is 5.13 Å². The van der Waals surface area contributed by atoms with Crippen molar-refractivity contribution in [2.24, 2.45) is 0 Å². The zero-order valence-corrected chi connectivity index (χ0v) is 20.5. The van der Waals surface area contributed by atoms with Gasteiger partial charge in [0.25, 0.3) is 0 Å². The predicted molar refractivity (Wildman–Crippen MR) is 135 cm³/mol. The van der Waals surface area contributed by atoms with Crippen molar-refractivity contribution in [2.45, 2.75) is 13.1 Å². The number of benzene rings is 1. The van der Waals surface area contributed by atoms with Gasteiger partial charge < -0.3 is 15.2 Å². The second-order valence-corrected chi connectivity index (χ2v) is 13.2. The highest BCUT2D eigenvalue weighted by atomic mass is 32.1. The quantitative estimate of drug-likeness (QED) is 0.286. The number of halogens is 1. The van der Waals surface area contributed by atoms with Gasteiger partial charge in [0.1, 0.15) is 26.0 Å². The third-order valence-electron chi connectivity index (χ3n) is 4.61. The highest BCUT2D eigenvalue weighted by molar-refractivity contribution is 7.76. The monoisotopic (exact) mass is 504 g/mol. The van der Waals surface area contributed by atoms with Gasteiger partial charge in [-0.3, -0.25) is 5.32 Å². The Bertz CT molecular complexity index is 1340. The first-order valence-corrected chi connectivity index (χ1v) is 14.3. The summed E-state index contributed by atoms with van der Waals surface area (Å²) >= 11 is 2.83. The van der Waals surface area contributed by atoms with Gasteiger partial charge in [-0.2, -0.15) is 0 Å². The molecule has 0 atom stereocenters. The molecule has 0 saturated carbocycles. The lowest BCUT2D eigenvalue weighted by molar-refractivity contribution is 0.262. The van der Waals surface area contributed by atoms with Crippen LogP contribution in [0.25, 0.3) is 10.2 Å². The van der Waals surface area contributed by atoms with E-state index in [1.807, 2.05) is 6.07 Å². The zero-order chi connectivity index (χ0) is 23.4. The maximum Gasteiger partial charge on any atom is 0.325 e. The number of hydrogen-bond donors (Lipinski definition) is 3. The number of fused-ring (bicyclic) bond motifs is 1. The lowest BCUT2D eigenvalue weighted by Gasteiger charge is -2.06. The van der Waals surface area contributed by atoms with E-state index in [1.54, 1.807) is 43.8 Å². The maximum absolute atomic E-state index is 12.8. The summed E-state index contributed by atoms with van der Waals surface area (Å²) in [5.41, 5.74) is 1.79. The molecule has 8 nitrogen and oxygen atoms in total. The third kappa shape index (κ3) is 5.93. The van der Waals surface area contributed by atoms with Gasteiger partial charge in [-0.05, 0) is 37.1 Å². The SMILES string of the molecule is CP(C)(=O)c1cc2ncnc(NCCc3cnc(NC(=O)Nc4cccc(CF)c4)s3)c2s1. The number of carbonyl (C=O) groups is 1. The normalized spacial score (nSPS) is 11.5. The van der Waals surface area contributed by atoms with E-state index in [2.05, 4.69) is 30.9 Å². The minimum Gasteiger partial charge on any atom is -0.368 e. The van der Waals surface area contributed by atoms with Crippen LogP contribution in [0.3, 0.4) is 0 Å². The molecule has 3 aromatic heterocycles. The van der Waals surface area contributed by atoms with Gasteiger partial charge in [0, 0.05) is 29.7 Å². The largest absolute Gasteiger partial charge is 0.368 e. The third-order valence-corrected chi connectivity index (χ3v) is 9.30. The van der Waals surface area contributed by atoms with Crippen molar-refractivity contribution in [3.8, 4) is 0 Å². The zero-order valence-electron chi connectivity index (χ0n) is 18.0. The number of anilines is 3. The Kier molecular flexibility index (Phi) is 7.02. The molecule has 0 bridgehead atoms. The molecule has 33 heavy (non-hydrogen) atoms. The van der Waals surface area contributed by atoms with Gasteiger partial charge in [0.05, 0.1) is 14.8 Å². The van der Waals surface area contributed by atoms with E-state index in [-0.39, 0.29) is 0 Å². The van der Waals surface area contributed by atoms with E-state index in [0.717, 1.165) is 19.7 Å². The van der Waals surface area contributed by atoms with Crippen LogP contribution in [0.15, 0.2) is 42.9 Å². The minimum atomic E-state index is -2.36. The lowest BCUT2D eigenvalue weighted by atomic mass is 10.2. The van der Waals surface area contributed by atoms with Crippen LogP contribution in [0.2, 0.25) is 0 Å². The van der Waals surface area contributed by atoms with Gasteiger partial charge in [-0.25, -0.2) is 24.1 Å². The van der Waals surface area contributed by atoms with Crippen LogP contribution >= 0.6 is 29.8 Å². The van der Waals surface area contributed by atoms with Crippen molar-refractivity contribution < 1.29 is 13.8 Å². The van der Waals surface area contributed by atoms with Crippen LogP contribution in [-0.2, 0) is 17.7 Å². The summed E-state index contributed by atoms with van der Waals surface area (Å²) in [5.74, 6) is 0.711. The molecule has 3 heterocycles. The molecule has 1 aromatic carbocycles. The Labute approximate surface area is 198 Å². The number of thiophene rings is 1. The number of urea groups is 1. The van der Waals surface area contributed by atoms with E-state index >= 15 is 0 Å². The number of hydrogen-bond acceptors (Lipinski definition) is 8. The molecule has 4 rings (SSSR count). The molecule has 0 fully saturated rings. The van der Waals surface area contributed by atoms with E-state index in [1.165, 1.54) is 29.0 Å². The van der Waals surface area contributed by atoms with E-state index in [0.29, 0.717) is 35.2 Å². The summed E-state index contributed by atoms with van der Waals surface area (Å²) in [6.45, 7) is 3.51. The number of nitrogens with one attached hydrogen (secondary N) is 3. The van der Waals surface area contributed by atoms with E-state index in [4.69, 9.17) is 0 Å². The van der Waals surface area contributed by atoms with E-state index in [9.17, 15) is 13.8 Å². The fraction of sp³-hybridized carbons (Fsp3) is 0.238. The molecule has 4 aromatic rings. The lowest BCUT2D eigenvalue weighted by Crippen LogP contribution is -2.19. The van der Waals surface area contributed by atoms with Gasteiger partial charge in [-0.15, -0.1) is 22.7 Å². The average Bonchev–Trinajstić information content (AvgIpc) is 3.41. The van der Waals surface area contributed by atoms with Crippen LogP contribution in [0.5, 0.6) is 0 Å². The topological polar surface area (TPSA) is 109 Å². The fourth-order valence-electron chi connectivity index (χ4n) is 3.01. The number of alkyl halides is 1. The molecular weight excluding hydrogens is 482 g/mol. The van der Waals surface area contributed by atoms with Crippen molar-refractivity contribution in [2.75, 3.05) is 35.8 Å². The minimum absolute atomic E-state index is 0.439. The second kappa shape index (κ2) is 9.94. The Morgan fingerprint density at radius 3 is 2.76 bits per heavy atom. The van der Waals surface area contributed by atoms with Crippen LogP contribution in [-0.4, -0.2) is 40.9 Å².